The zero-order chi connectivity index (χ0) is 14.2. The summed E-state index contributed by atoms with van der Waals surface area (Å²) in [6.45, 7) is 3.08. The predicted molar refractivity (Wildman–Crippen MR) is 71.2 cm³/mol. The molecule has 1 atom stereocenters. The van der Waals surface area contributed by atoms with Gasteiger partial charge in [0.25, 0.3) is 0 Å². The number of aliphatic hydroxyl groups is 1. The highest BCUT2D eigenvalue weighted by Gasteiger charge is 2.29. The van der Waals surface area contributed by atoms with Gasteiger partial charge in [-0.3, -0.25) is 0 Å². The maximum absolute atomic E-state index is 13.6. The SMILES string of the molecule is Cc1ccc(C(C)(O)c2cc(F)ccc2Cl)cc1F. The largest absolute Gasteiger partial charge is 0.381 e. The number of hydrogen-bond acceptors (Lipinski definition) is 1. The zero-order valence-corrected chi connectivity index (χ0v) is 11.3. The molecule has 100 valence electrons. The van der Waals surface area contributed by atoms with Crippen molar-refractivity contribution >= 4 is 11.6 Å². The first-order valence-electron chi connectivity index (χ1n) is 5.77. The first kappa shape index (κ1) is 14.0. The zero-order valence-electron chi connectivity index (χ0n) is 10.5. The highest BCUT2D eigenvalue weighted by Crippen LogP contribution is 2.34. The molecule has 0 heterocycles. The molecule has 0 aliphatic rings. The third-order valence-corrected chi connectivity index (χ3v) is 3.52. The summed E-state index contributed by atoms with van der Waals surface area (Å²) < 4.78 is 26.9. The van der Waals surface area contributed by atoms with Gasteiger partial charge in [-0.2, -0.15) is 0 Å². The quantitative estimate of drug-likeness (QED) is 0.876. The highest BCUT2D eigenvalue weighted by molar-refractivity contribution is 6.31. The molecule has 0 saturated carbocycles. The molecule has 2 aromatic rings. The van der Waals surface area contributed by atoms with Crippen molar-refractivity contribution in [1.29, 1.82) is 0 Å². The third kappa shape index (κ3) is 2.62. The molecule has 1 N–H and O–H groups in total. The summed E-state index contributed by atoms with van der Waals surface area (Å²) in [4.78, 5) is 0. The Morgan fingerprint density at radius 3 is 2.42 bits per heavy atom. The Morgan fingerprint density at radius 1 is 1.11 bits per heavy atom. The Bertz CT molecular complexity index is 624. The molecule has 0 fully saturated rings. The molecule has 0 aliphatic heterocycles. The van der Waals surface area contributed by atoms with E-state index in [1.807, 2.05) is 0 Å². The molecule has 1 unspecified atom stereocenters. The lowest BCUT2D eigenvalue weighted by molar-refractivity contribution is 0.102. The average molecular weight is 283 g/mol. The molecule has 0 saturated heterocycles. The first-order valence-corrected chi connectivity index (χ1v) is 6.14. The summed E-state index contributed by atoms with van der Waals surface area (Å²) in [5.41, 5.74) is -0.557. The monoisotopic (exact) mass is 282 g/mol. The fourth-order valence-electron chi connectivity index (χ4n) is 1.92. The summed E-state index contributed by atoms with van der Waals surface area (Å²) >= 11 is 5.98. The summed E-state index contributed by atoms with van der Waals surface area (Å²) in [7, 11) is 0. The van der Waals surface area contributed by atoms with E-state index in [1.54, 1.807) is 19.1 Å². The van der Waals surface area contributed by atoms with Crippen molar-refractivity contribution in [2.24, 2.45) is 0 Å². The number of halogens is 3. The summed E-state index contributed by atoms with van der Waals surface area (Å²) in [5, 5.41) is 10.8. The molecule has 2 rings (SSSR count). The van der Waals surface area contributed by atoms with Crippen LogP contribution in [0.15, 0.2) is 36.4 Å². The maximum atomic E-state index is 13.6. The predicted octanol–water partition coefficient (Wildman–Crippen LogP) is 4.18. The van der Waals surface area contributed by atoms with Crippen LogP contribution in [0.1, 0.15) is 23.6 Å². The summed E-state index contributed by atoms with van der Waals surface area (Å²) in [5.74, 6) is -0.933. The van der Waals surface area contributed by atoms with Crippen LogP contribution >= 0.6 is 11.6 Å². The lowest BCUT2D eigenvalue weighted by Crippen LogP contribution is -2.23. The Labute approximate surface area is 115 Å². The Kier molecular flexibility index (Phi) is 3.61. The standard InChI is InChI=1S/C15H13ClF2O/c1-9-3-4-10(7-14(9)18)15(2,19)12-8-11(17)5-6-13(12)16/h3-8,19H,1-2H3. The van der Waals surface area contributed by atoms with Gasteiger partial charge in [-0.1, -0.05) is 23.7 Å². The van der Waals surface area contributed by atoms with Gasteiger partial charge in [0.2, 0.25) is 0 Å². The van der Waals surface area contributed by atoms with E-state index in [0.29, 0.717) is 11.1 Å². The second kappa shape index (κ2) is 4.91. The lowest BCUT2D eigenvalue weighted by atomic mass is 9.87. The average Bonchev–Trinajstić information content (AvgIpc) is 2.35. The molecule has 0 aliphatic carbocycles. The number of hydrogen-bond donors (Lipinski definition) is 1. The van der Waals surface area contributed by atoms with E-state index in [0.717, 1.165) is 6.07 Å². The Morgan fingerprint density at radius 2 is 1.79 bits per heavy atom. The Hall–Kier alpha value is -1.45. The molecular formula is C15H13ClF2O. The van der Waals surface area contributed by atoms with E-state index >= 15 is 0 Å². The van der Waals surface area contributed by atoms with Gasteiger partial charge in [-0.25, -0.2) is 8.78 Å². The number of aryl methyl sites for hydroxylation is 1. The van der Waals surface area contributed by atoms with Gasteiger partial charge in [0, 0.05) is 10.6 Å². The van der Waals surface area contributed by atoms with E-state index in [2.05, 4.69) is 0 Å². The molecule has 4 heteroatoms. The van der Waals surface area contributed by atoms with E-state index < -0.39 is 17.2 Å². The van der Waals surface area contributed by atoms with Gasteiger partial charge in [0.1, 0.15) is 17.2 Å². The molecule has 0 spiro atoms. The molecule has 0 bridgehead atoms. The molecule has 0 amide bonds. The molecule has 19 heavy (non-hydrogen) atoms. The van der Waals surface area contributed by atoms with Gasteiger partial charge >= 0.3 is 0 Å². The fourth-order valence-corrected chi connectivity index (χ4v) is 2.22. The summed E-state index contributed by atoms with van der Waals surface area (Å²) in [6, 6.07) is 8.12. The van der Waals surface area contributed by atoms with E-state index in [9.17, 15) is 13.9 Å². The maximum Gasteiger partial charge on any atom is 0.126 e. The second-order valence-electron chi connectivity index (χ2n) is 4.66. The van der Waals surface area contributed by atoms with Crippen molar-refractivity contribution in [3.8, 4) is 0 Å². The van der Waals surface area contributed by atoms with Crippen LogP contribution in [0.4, 0.5) is 8.78 Å². The van der Waals surface area contributed by atoms with Crippen LogP contribution in [-0.4, -0.2) is 5.11 Å². The van der Waals surface area contributed by atoms with Crippen LogP contribution < -0.4 is 0 Å². The van der Waals surface area contributed by atoms with Crippen LogP contribution in [0, 0.1) is 18.6 Å². The lowest BCUT2D eigenvalue weighted by Gasteiger charge is -2.26. The molecule has 1 nitrogen and oxygen atoms in total. The van der Waals surface area contributed by atoms with E-state index in [-0.39, 0.29) is 10.6 Å². The molecular weight excluding hydrogens is 270 g/mol. The minimum atomic E-state index is -1.56. The van der Waals surface area contributed by atoms with Crippen LogP contribution in [-0.2, 0) is 5.60 Å². The minimum Gasteiger partial charge on any atom is -0.381 e. The van der Waals surface area contributed by atoms with Crippen molar-refractivity contribution in [2.45, 2.75) is 19.4 Å². The van der Waals surface area contributed by atoms with Crippen molar-refractivity contribution in [1.82, 2.24) is 0 Å². The van der Waals surface area contributed by atoms with Crippen LogP contribution in [0.5, 0.6) is 0 Å². The van der Waals surface area contributed by atoms with Crippen molar-refractivity contribution in [3.05, 3.63) is 69.7 Å². The van der Waals surface area contributed by atoms with Crippen LogP contribution in [0.25, 0.3) is 0 Å². The highest BCUT2D eigenvalue weighted by atomic mass is 35.5. The number of benzene rings is 2. The summed E-state index contributed by atoms with van der Waals surface area (Å²) in [6.07, 6.45) is 0. The van der Waals surface area contributed by atoms with Crippen LogP contribution in [0.2, 0.25) is 5.02 Å². The van der Waals surface area contributed by atoms with Crippen molar-refractivity contribution in [3.63, 3.8) is 0 Å². The van der Waals surface area contributed by atoms with Crippen molar-refractivity contribution < 1.29 is 13.9 Å². The Balaban J connectivity index is 2.57. The molecule has 0 aromatic heterocycles. The minimum absolute atomic E-state index is 0.206. The molecule has 0 radical (unpaired) electrons. The van der Waals surface area contributed by atoms with Crippen LogP contribution in [0.3, 0.4) is 0 Å². The fraction of sp³-hybridized carbons (Fsp3) is 0.200. The van der Waals surface area contributed by atoms with Gasteiger partial charge < -0.3 is 5.11 Å². The number of rotatable bonds is 2. The smallest absolute Gasteiger partial charge is 0.126 e. The van der Waals surface area contributed by atoms with Gasteiger partial charge in [-0.05, 0) is 49.2 Å². The van der Waals surface area contributed by atoms with E-state index in [4.69, 9.17) is 11.6 Å². The normalized spacial score (nSPS) is 14.2. The van der Waals surface area contributed by atoms with Gasteiger partial charge in [-0.15, -0.1) is 0 Å². The topological polar surface area (TPSA) is 20.2 Å². The third-order valence-electron chi connectivity index (χ3n) is 3.19. The van der Waals surface area contributed by atoms with Crippen molar-refractivity contribution in [2.75, 3.05) is 0 Å². The van der Waals surface area contributed by atoms with E-state index in [1.165, 1.54) is 25.1 Å². The van der Waals surface area contributed by atoms with Gasteiger partial charge in [0.15, 0.2) is 0 Å². The molecule has 2 aromatic carbocycles. The second-order valence-corrected chi connectivity index (χ2v) is 5.07. The van der Waals surface area contributed by atoms with Gasteiger partial charge in [0.05, 0.1) is 0 Å². The first-order chi connectivity index (χ1) is 8.82.